The topological polar surface area (TPSA) is 43.4 Å². The Hall–Kier alpha value is -1.85. The lowest BCUT2D eigenvalue weighted by molar-refractivity contribution is -0.174. The van der Waals surface area contributed by atoms with Crippen LogP contribution in [0.3, 0.4) is 0 Å². The van der Waals surface area contributed by atoms with E-state index in [9.17, 15) is 22.8 Å². The zero-order chi connectivity index (χ0) is 14.2. The zero-order valence-electron chi connectivity index (χ0n) is 10.1. The van der Waals surface area contributed by atoms with E-state index in [0.717, 1.165) is 0 Å². The summed E-state index contributed by atoms with van der Waals surface area (Å²) in [6, 6.07) is 4.52. The number of halogens is 3. The number of fused-ring (bicyclic) bond motifs is 1. The summed E-state index contributed by atoms with van der Waals surface area (Å²) in [6.45, 7) is 0. The molecule has 3 nitrogen and oxygen atoms in total. The van der Waals surface area contributed by atoms with Gasteiger partial charge in [0.1, 0.15) is 5.75 Å². The number of benzene rings is 1. The lowest BCUT2D eigenvalue weighted by Gasteiger charge is -2.23. The fourth-order valence-electron chi connectivity index (χ4n) is 2.21. The summed E-state index contributed by atoms with van der Waals surface area (Å²) in [7, 11) is 1.46. The Kier molecular flexibility index (Phi) is 3.34. The van der Waals surface area contributed by atoms with Crippen LogP contribution in [0.25, 0.3) is 0 Å². The summed E-state index contributed by atoms with van der Waals surface area (Å²) in [6.07, 6.45) is -4.83. The van der Waals surface area contributed by atoms with Crippen LogP contribution in [-0.4, -0.2) is 24.9 Å². The first-order valence-electron chi connectivity index (χ1n) is 5.66. The highest BCUT2D eigenvalue weighted by atomic mass is 19.4. The van der Waals surface area contributed by atoms with Crippen LogP contribution in [-0.2, 0) is 11.2 Å². The van der Waals surface area contributed by atoms with E-state index < -0.39 is 23.7 Å². The first-order valence-corrected chi connectivity index (χ1v) is 5.66. The molecule has 0 bridgehead atoms. The van der Waals surface area contributed by atoms with Crippen molar-refractivity contribution in [2.75, 3.05) is 7.11 Å². The van der Waals surface area contributed by atoms with E-state index in [-0.39, 0.29) is 18.4 Å². The molecule has 0 saturated heterocycles. The lowest BCUT2D eigenvalue weighted by Crippen LogP contribution is -2.38. The van der Waals surface area contributed by atoms with Crippen molar-refractivity contribution in [3.63, 3.8) is 0 Å². The third kappa shape index (κ3) is 2.47. The molecular formula is C13H11F3O3. The van der Waals surface area contributed by atoms with Crippen LogP contribution >= 0.6 is 0 Å². The molecule has 0 heterocycles. The predicted octanol–water partition coefficient (Wildman–Crippen LogP) is 2.57. The Labute approximate surface area is 107 Å². The van der Waals surface area contributed by atoms with Gasteiger partial charge in [0, 0.05) is 5.56 Å². The predicted molar refractivity (Wildman–Crippen MR) is 60.2 cm³/mol. The average molecular weight is 272 g/mol. The zero-order valence-corrected chi connectivity index (χ0v) is 10.1. The second kappa shape index (κ2) is 4.68. The smallest absolute Gasteiger partial charge is 0.450 e. The van der Waals surface area contributed by atoms with Crippen LogP contribution in [0.2, 0.25) is 0 Å². The number of carbonyl (C=O) groups is 2. The van der Waals surface area contributed by atoms with E-state index in [1.165, 1.54) is 19.2 Å². The largest absolute Gasteiger partial charge is 0.497 e. The second-order valence-electron chi connectivity index (χ2n) is 4.34. The molecule has 1 aliphatic rings. The van der Waals surface area contributed by atoms with Crippen molar-refractivity contribution >= 4 is 11.6 Å². The van der Waals surface area contributed by atoms with Gasteiger partial charge in [-0.2, -0.15) is 13.2 Å². The summed E-state index contributed by atoms with van der Waals surface area (Å²) < 4.78 is 42.1. The van der Waals surface area contributed by atoms with Gasteiger partial charge in [-0.15, -0.1) is 0 Å². The van der Waals surface area contributed by atoms with Crippen molar-refractivity contribution in [2.24, 2.45) is 5.92 Å². The van der Waals surface area contributed by atoms with Gasteiger partial charge < -0.3 is 4.74 Å². The quantitative estimate of drug-likeness (QED) is 0.777. The summed E-state index contributed by atoms with van der Waals surface area (Å²) in [5, 5.41) is 0. The van der Waals surface area contributed by atoms with Gasteiger partial charge in [-0.25, -0.2) is 0 Å². The first kappa shape index (κ1) is 13.6. The van der Waals surface area contributed by atoms with Gasteiger partial charge in [0.15, 0.2) is 5.78 Å². The van der Waals surface area contributed by atoms with Gasteiger partial charge in [0.25, 0.3) is 0 Å². The number of methoxy groups -OCH3 is 1. The van der Waals surface area contributed by atoms with Crippen LogP contribution in [0.5, 0.6) is 5.75 Å². The molecule has 19 heavy (non-hydrogen) atoms. The van der Waals surface area contributed by atoms with Crippen molar-refractivity contribution in [2.45, 2.75) is 19.0 Å². The maximum absolute atomic E-state index is 12.4. The molecule has 6 heteroatoms. The molecule has 0 amide bonds. The molecule has 0 aliphatic heterocycles. The molecule has 1 atom stereocenters. The summed E-state index contributed by atoms with van der Waals surface area (Å²) in [4.78, 5) is 23.1. The van der Waals surface area contributed by atoms with E-state index >= 15 is 0 Å². The average Bonchev–Trinajstić information content (AvgIpc) is 2.37. The maximum atomic E-state index is 12.4. The van der Waals surface area contributed by atoms with Crippen LogP contribution in [0.1, 0.15) is 22.3 Å². The molecule has 0 unspecified atom stereocenters. The molecule has 0 radical (unpaired) electrons. The standard InChI is InChI=1S/C13H11F3O3/c1-19-8-3-5-9-7(6-8)2-4-10(11(9)17)12(18)13(14,15)16/h3,5-6,10H,2,4H2,1H3/t10-/m1/s1. The van der Waals surface area contributed by atoms with Gasteiger partial charge in [-0.05, 0) is 36.6 Å². The van der Waals surface area contributed by atoms with Crippen LogP contribution in [0.15, 0.2) is 18.2 Å². The fraction of sp³-hybridized carbons (Fsp3) is 0.385. The molecule has 0 saturated carbocycles. The minimum Gasteiger partial charge on any atom is -0.497 e. The molecule has 0 fully saturated rings. The van der Waals surface area contributed by atoms with Gasteiger partial charge in [-0.3, -0.25) is 9.59 Å². The van der Waals surface area contributed by atoms with Gasteiger partial charge in [-0.1, -0.05) is 0 Å². The Bertz CT molecular complexity index is 534. The number of hydrogen-bond acceptors (Lipinski definition) is 3. The third-order valence-corrected chi connectivity index (χ3v) is 3.19. The van der Waals surface area contributed by atoms with Crippen molar-refractivity contribution in [3.8, 4) is 5.75 Å². The molecule has 102 valence electrons. The maximum Gasteiger partial charge on any atom is 0.450 e. The number of ether oxygens (including phenoxy) is 1. The molecule has 2 rings (SSSR count). The molecular weight excluding hydrogens is 261 g/mol. The van der Waals surface area contributed by atoms with Gasteiger partial charge >= 0.3 is 6.18 Å². The van der Waals surface area contributed by atoms with Crippen molar-refractivity contribution in [1.82, 2.24) is 0 Å². The first-order chi connectivity index (χ1) is 8.84. The summed E-state index contributed by atoms with van der Waals surface area (Å²) in [5.74, 6) is -3.79. The highest BCUT2D eigenvalue weighted by molar-refractivity contribution is 6.13. The molecule has 0 spiro atoms. The second-order valence-corrected chi connectivity index (χ2v) is 4.34. The minimum absolute atomic E-state index is 0.114. The lowest BCUT2D eigenvalue weighted by atomic mass is 9.80. The number of hydrogen-bond donors (Lipinski definition) is 0. The normalized spacial score (nSPS) is 18.9. The van der Waals surface area contributed by atoms with E-state index in [4.69, 9.17) is 4.74 Å². The van der Waals surface area contributed by atoms with Crippen LogP contribution in [0, 0.1) is 5.92 Å². The summed E-state index contributed by atoms with van der Waals surface area (Å²) >= 11 is 0. The Morgan fingerprint density at radius 1 is 1.37 bits per heavy atom. The van der Waals surface area contributed by atoms with Crippen LogP contribution < -0.4 is 4.74 Å². The minimum atomic E-state index is -4.97. The molecule has 1 aromatic carbocycles. The molecule has 0 N–H and O–H groups in total. The van der Waals surface area contributed by atoms with Crippen molar-refractivity contribution in [3.05, 3.63) is 29.3 Å². The Morgan fingerprint density at radius 2 is 2.05 bits per heavy atom. The number of alkyl halides is 3. The monoisotopic (exact) mass is 272 g/mol. The van der Waals surface area contributed by atoms with Gasteiger partial charge in [0.05, 0.1) is 13.0 Å². The van der Waals surface area contributed by atoms with Gasteiger partial charge in [0.2, 0.25) is 5.78 Å². The molecule has 0 aromatic heterocycles. The number of ketones is 2. The number of aryl methyl sites for hydroxylation is 1. The number of rotatable bonds is 2. The Balaban J connectivity index is 2.33. The SMILES string of the molecule is COc1ccc2c(c1)CC[C@@H](C(=O)C(F)(F)F)C2=O. The molecule has 1 aliphatic carbocycles. The van der Waals surface area contributed by atoms with Crippen molar-refractivity contribution < 1.29 is 27.5 Å². The van der Waals surface area contributed by atoms with E-state index in [1.54, 1.807) is 6.07 Å². The fourth-order valence-corrected chi connectivity index (χ4v) is 2.21. The number of Topliss-reactive ketones (excluding diaryl/α,β-unsaturated/α-hetero) is 2. The number of carbonyl (C=O) groups excluding carboxylic acids is 2. The van der Waals surface area contributed by atoms with E-state index in [2.05, 4.69) is 0 Å². The van der Waals surface area contributed by atoms with Crippen LogP contribution in [0.4, 0.5) is 13.2 Å². The highest BCUT2D eigenvalue weighted by Gasteiger charge is 2.47. The highest BCUT2D eigenvalue weighted by Crippen LogP contribution is 2.32. The Morgan fingerprint density at radius 3 is 2.63 bits per heavy atom. The van der Waals surface area contributed by atoms with Crippen molar-refractivity contribution in [1.29, 1.82) is 0 Å². The summed E-state index contributed by atoms with van der Waals surface area (Å²) in [5.41, 5.74) is 0.797. The third-order valence-electron chi connectivity index (χ3n) is 3.19. The van der Waals surface area contributed by atoms with E-state index in [1.807, 2.05) is 0 Å². The molecule has 1 aromatic rings. The van der Waals surface area contributed by atoms with E-state index in [0.29, 0.717) is 11.3 Å².